The van der Waals surface area contributed by atoms with Crippen molar-refractivity contribution in [1.29, 1.82) is 0 Å². The van der Waals surface area contributed by atoms with E-state index in [1.54, 1.807) is 31.2 Å². The van der Waals surface area contributed by atoms with Crippen LogP contribution in [0.4, 0.5) is 0 Å². The Morgan fingerprint density at radius 2 is 1.77 bits per heavy atom. The van der Waals surface area contributed by atoms with Gasteiger partial charge in [-0.25, -0.2) is 4.79 Å². The van der Waals surface area contributed by atoms with E-state index in [0.717, 1.165) is 17.7 Å². The van der Waals surface area contributed by atoms with Crippen molar-refractivity contribution in [2.45, 2.75) is 13.0 Å². The first-order valence-electron chi connectivity index (χ1n) is 6.31. The van der Waals surface area contributed by atoms with Gasteiger partial charge >= 0.3 is 5.97 Å². The average Bonchev–Trinajstić information content (AvgIpc) is 2.47. The maximum atomic E-state index is 12.1. The number of carboxylic acids is 1. The Hall–Kier alpha value is -2.60. The molecule has 1 aromatic carbocycles. The van der Waals surface area contributed by atoms with Gasteiger partial charge < -0.3 is 14.8 Å². The predicted octanol–water partition coefficient (Wildman–Crippen LogP) is 2.48. The molecule has 1 aromatic heterocycles. The van der Waals surface area contributed by atoms with E-state index in [9.17, 15) is 14.4 Å². The standard InChI is InChI=1S/C15H12ClNO5/c1-8(9-2-4-10(16)5-3-9)17-14(19)12-6-11(18)7-13(22-12)15(20)21/h2-8H,1H3,(H,17,19)(H,20,21)/t8-/m1/s1. The first kappa shape index (κ1) is 15.8. The summed E-state index contributed by atoms with van der Waals surface area (Å²) in [5.74, 6) is -3.04. The number of nitrogens with one attached hydrogen (secondary N) is 1. The second kappa shape index (κ2) is 6.44. The highest BCUT2D eigenvalue weighted by molar-refractivity contribution is 6.30. The number of amides is 1. The second-order valence-electron chi connectivity index (χ2n) is 4.57. The molecule has 0 spiro atoms. The zero-order valence-electron chi connectivity index (χ0n) is 11.5. The van der Waals surface area contributed by atoms with Gasteiger partial charge in [-0.15, -0.1) is 0 Å². The van der Waals surface area contributed by atoms with Gasteiger partial charge in [0.05, 0.1) is 6.04 Å². The fourth-order valence-electron chi connectivity index (χ4n) is 1.80. The third-order valence-corrected chi connectivity index (χ3v) is 3.17. The Balaban J connectivity index is 2.20. The molecule has 0 radical (unpaired) electrons. The third kappa shape index (κ3) is 3.73. The molecule has 0 aliphatic rings. The smallest absolute Gasteiger partial charge is 0.371 e. The summed E-state index contributed by atoms with van der Waals surface area (Å²) in [6.45, 7) is 1.74. The van der Waals surface area contributed by atoms with Gasteiger partial charge in [0.15, 0.2) is 11.2 Å². The summed E-state index contributed by atoms with van der Waals surface area (Å²) >= 11 is 5.79. The van der Waals surface area contributed by atoms with Crippen molar-refractivity contribution >= 4 is 23.5 Å². The van der Waals surface area contributed by atoms with Gasteiger partial charge in [0.2, 0.25) is 5.76 Å². The maximum Gasteiger partial charge on any atom is 0.371 e. The molecule has 0 aliphatic carbocycles. The zero-order valence-corrected chi connectivity index (χ0v) is 12.3. The van der Waals surface area contributed by atoms with Crippen LogP contribution >= 0.6 is 11.6 Å². The number of benzene rings is 1. The van der Waals surface area contributed by atoms with Gasteiger partial charge in [-0.2, -0.15) is 0 Å². The molecule has 0 fully saturated rings. The minimum absolute atomic E-state index is 0.356. The number of aromatic carboxylic acids is 1. The highest BCUT2D eigenvalue weighted by Crippen LogP contribution is 2.16. The maximum absolute atomic E-state index is 12.1. The lowest BCUT2D eigenvalue weighted by Crippen LogP contribution is -2.27. The first-order chi connectivity index (χ1) is 10.4. The largest absolute Gasteiger partial charge is 0.475 e. The minimum Gasteiger partial charge on any atom is -0.475 e. The zero-order chi connectivity index (χ0) is 16.3. The topological polar surface area (TPSA) is 96.6 Å². The Morgan fingerprint density at radius 1 is 1.18 bits per heavy atom. The first-order valence-corrected chi connectivity index (χ1v) is 6.69. The van der Waals surface area contributed by atoms with Crippen molar-refractivity contribution in [2.24, 2.45) is 0 Å². The van der Waals surface area contributed by atoms with Crippen LogP contribution in [0.3, 0.4) is 0 Å². The van der Waals surface area contributed by atoms with Crippen LogP contribution < -0.4 is 10.7 Å². The summed E-state index contributed by atoms with van der Waals surface area (Å²) in [6.07, 6.45) is 0. The molecule has 2 rings (SSSR count). The number of carbonyl (C=O) groups is 2. The molecule has 0 saturated heterocycles. The molecule has 1 heterocycles. The van der Waals surface area contributed by atoms with Crippen molar-refractivity contribution in [3.05, 3.63) is 68.7 Å². The number of carbonyl (C=O) groups excluding carboxylic acids is 1. The summed E-state index contributed by atoms with van der Waals surface area (Å²) < 4.78 is 4.90. The van der Waals surface area contributed by atoms with Crippen molar-refractivity contribution in [3.63, 3.8) is 0 Å². The van der Waals surface area contributed by atoms with Crippen LogP contribution in [0.5, 0.6) is 0 Å². The summed E-state index contributed by atoms with van der Waals surface area (Å²) in [6, 6.07) is 8.24. The number of halogens is 1. The number of hydrogen-bond acceptors (Lipinski definition) is 4. The van der Waals surface area contributed by atoms with Crippen LogP contribution in [0.15, 0.2) is 45.6 Å². The van der Waals surface area contributed by atoms with E-state index in [0.29, 0.717) is 5.02 Å². The normalized spacial score (nSPS) is 11.7. The minimum atomic E-state index is -1.42. The molecule has 0 saturated carbocycles. The molecule has 0 aliphatic heterocycles. The lowest BCUT2D eigenvalue weighted by molar-refractivity contribution is 0.0655. The van der Waals surface area contributed by atoms with Crippen molar-refractivity contribution in [1.82, 2.24) is 5.32 Å². The molecule has 114 valence electrons. The lowest BCUT2D eigenvalue weighted by Gasteiger charge is -2.14. The summed E-state index contributed by atoms with van der Waals surface area (Å²) in [4.78, 5) is 34.3. The molecule has 0 bridgehead atoms. The monoisotopic (exact) mass is 321 g/mol. The molecule has 6 nitrogen and oxygen atoms in total. The summed E-state index contributed by atoms with van der Waals surface area (Å²) in [5.41, 5.74) is 0.183. The van der Waals surface area contributed by atoms with Crippen LogP contribution in [0.2, 0.25) is 5.02 Å². The van der Waals surface area contributed by atoms with Crippen LogP contribution in [0.25, 0.3) is 0 Å². The number of carboxylic acid groups (broad SMARTS) is 1. The second-order valence-corrected chi connectivity index (χ2v) is 5.01. The van der Waals surface area contributed by atoms with Gasteiger partial charge in [0.1, 0.15) is 0 Å². The van der Waals surface area contributed by atoms with Crippen LogP contribution in [0.1, 0.15) is 39.6 Å². The molecule has 2 aromatic rings. The predicted molar refractivity (Wildman–Crippen MR) is 79.3 cm³/mol. The van der Waals surface area contributed by atoms with Gasteiger partial charge in [0, 0.05) is 17.2 Å². The molecule has 22 heavy (non-hydrogen) atoms. The highest BCUT2D eigenvalue weighted by atomic mass is 35.5. The summed E-state index contributed by atoms with van der Waals surface area (Å²) in [5, 5.41) is 12.0. The highest BCUT2D eigenvalue weighted by Gasteiger charge is 2.17. The fraction of sp³-hybridized carbons (Fsp3) is 0.133. The third-order valence-electron chi connectivity index (χ3n) is 2.92. The Kier molecular flexibility index (Phi) is 4.62. The van der Waals surface area contributed by atoms with Gasteiger partial charge in [-0.3, -0.25) is 9.59 Å². The average molecular weight is 322 g/mol. The van der Waals surface area contributed by atoms with Crippen molar-refractivity contribution in [2.75, 3.05) is 0 Å². The lowest BCUT2D eigenvalue weighted by atomic mass is 10.1. The van der Waals surface area contributed by atoms with E-state index >= 15 is 0 Å². The Labute approximate surface area is 130 Å². The van der Waals surface area contributed by atoms with E-state index in [1.807, 2.05) is 0 Å². The van der Waals surface area contributed by atoms with E-state index in [1.165, 1.54) is 0 Å². The van der Waals surface area contributed by atoms with E-state index in [-0.39, 0.29) is 11.8 Å². The van der Waals surface area contributed by atoms with Gasteiger partial charge in [-0.05, 0) is 24.6 Å². The van der Waals surface area contributed by atoms with Gasteiger partial charge in [-0.1, -0.05) is 23.7 Å². The SMILES string of the molecule is C[C@@H](NC(=O)c1cc(=O)cc(C(=O)O)o1)c1ccc(Cl)cc1. The van der Waals surface area contributed by atoms with Crippen molar-refractivity contribution in [3.8, 4) is 0 Å². The molecule has 7 heteroatoms. The quantitative estimate of drug-likeness (QED) is 0.901. The van der Waals surface area contributed by atoms with E-state index in [4.69, 9.17) is 21.1 Å². The van der Waals surface area contributed by atoms with Crippen LogP contribution in [-0.2, 0) is 0 Å². The van der Waals surface area contributed by atoms with Crippen molar-refractivity contribution < 1.29 is 19.1 Å². The summed E-state index contributed by atoms with van der Waals surface area (Å²) in [7, 11) is 0. The van der Waals surface area contributed by atoms with E-state index in [2.05, 4.69) is 5.32 Å². The molecule has 2 N–H and O–H groups in total. The molecule has 0 unspecified atom stereocenters. The Morgan fingerprint density at radius 3 is 2.36 bits per heavy atom. The molecule has 1 atom stereocenters. The molecular weight excluding hydrogens is 310 g/mol. The van der Waals surface area contributed by atoms with Crippen LogP contribution in [0, 0.1) is 0 Å². The Bertz CT molecular complexity index is 766. The number of rotatable bonds is 4. The van der Waals surface area contributed by atoms with Crippen LogP contribution in [-0.4, -0.2) is 17.0 Å². The molecular formula is C15H12ClNO5. The fourth-order valence-corrected chi connectivity index (χ4v) is 1.92. The van der Waals surface area contributed by atoms with E-state index < -0.39 is 23.1 Å². The molecule has 1 amide bonds. The number of hydrogen-bond donors (Lipinski definition) is 2. The van der Waals surface area contributed by atoms with Gasteiger partial charge in [0.25, 0.3) is 5.91 Å².